The van der Waals surface area contributed by atoms with Crippen LogP contribution in [0.15, 0.2) is 48.5 Å². The summed E-state index contributed by atoms with van der Waals surface area (Å²) in [6.07, 6.45) is -0.643. The standard InChI is InChI=1S/C19H22ClNO4/c1-13(21-11-18(22)15-3-2-4-16(20)10-15)12-25-17-7-5-14(6-8-17)9-19(23)24/h2-8,10,13,18,21-22H,9,11-12H2,1H3,(H,23,24)/t13-,18+/m1/s1. The predicted molar refractivity (Wildman–Crippen MR) is 97.2 cm³/mol. The molecule has 0 saturated carbocycles. The highest BCUT2D eigenvalue weighted by Gasteiger charge is 2.10. The van der Waals surface area contributed by atoms with Gasteiger partial charge in [0.15, 0.2) is 0 Å². The van der Waals surface area contributed by atoms with E-state index in [2.05, 4.69) is 5.32 Å². The van der Waals surface area contributed by atoms with Crippen LogP contribution in [0.5, 0.6) is 5.75 Å². The van der Waals surface area contributed by atoms with Crippen LogP contribution in [-0.4, -0.2) is 35.4 Å². The predicted octanol–water partition coefficient (Wildman–Crippen LogP) is 3.06. The lowest BCUT2D eigenvalue weighted by Crippen LogP contribution is -2.34. The van der Waals surface area contributed by atoms with Crippen molar-refractivity contribution in [1.82, 2.24) is 5.32 Å². The number of benzene rings is 2. The minimum Gasteiger partial charge on any atom is -0.492 e. The summed E-state index contributed by atoms with van der Waals surface area (Å²) in [6, 6.07) is 14.2. The molecule has 5 nitrogen and oxygen atoms in total. The molecule has 134 valence electrons. The smallest absolute Gasteiger partial charge is 0.307 e. The van der Waals surface area contributed by atoms with E-state index < -0.39 is 12.1 Å². The monoisotopic (exact) mass is 363 g/mol. The van der Waals surface area contributed by atoms with Gasteiger partial charge in [-0.3, -0.25) is 4.79 Å². The second kappa shape index (κ2) is 9.42. The quantitative estimate of drug-likeness (QED) is 0.638. The van der Waals surface area contributed by atoms with Gasteiger partial charge < -0.3 is 20.3 Å². The highest BCUT2D eigenvalue weighted by molar-refractivity contribution is 6.30. The van der Waals surface area contributed by atoms with E-state index in [4.69, 9.17) is 21.4 Å². The molecule has 2 atom stereocenters. The minimum atomic E-state index is -0.857. The van der Waals surface area contributed by atoms with Gasteiger partial charge in [-0.25, -0.2) is 0 Å². The van der Waals surface area contributed by atoms with Crippen molar-refractivity contribution in [1.29, 1.82) is 0 Å². The average Bonchev–Trinajstić information content (AvgIpc) is 2.58. The Morgan fingerprint density at radius 2 is 1.96 bits per heavy atom. The molecule has 0 fully saturated rings. The van der Waals surface area contributed by atoms with E-state index in [0.717, 1.165) is 11.1 Å². The molecular weight excluding hydrogens is 342 g/mol. The van der Waals surface area contributed by atoms with Gasteiger partial charge in [0.25, 0.3) is 0 Å². The molecule has 0 aliphatic heterocycles. The number of aliphatic hydroxyl groups excluding tert-OH is 1. The van der Waals surface area contributed by atoms with E-state index in [1.807, 2.05) is 13.0 Å². The SMILES string of the molecule is C[C@H](COc1ccc(CC(=O)O)cc1)NC[C@H](O)c1cccc(Cl)c1. The maximum atomic E-state index is 10.6. The first-order valence-electron chi connectivity index (χ1n) is 8.04. The van der Waals surface area contributed by atoms with Crippen LogP contribution >= 0.6 is 11.6 Å². The summed E-state index contributed by atoms with van der Waals surface area (Å²) < 4.78 is 5.67. The normalized spacial score (nSPS) is 13.2. The van der Waals surface area contributed by atoms with E-state index >= 15 is 0 Å². The Hall–Kier alpha value is -2.08. The summed E-state index contributed by atoms with van der Waals surface area (Å²) in [4.78, 5) is 10.6. The summed E-state index contributed by atoms with van der Waals surface area (Å²) in [5.41, 5.74) is 1.50. The van der Waals surface area contributed by atoms with Gasteiger partial charge in [0.1, 0.15) is 12.4 Å². The van der Waals surface area contributed by atoms with E-state index in [9.17, 15) is 9.90 Å². The number of ether oxygens (including phenoxy) is 1. The van der Waals surface area contributed by atoms with Crippen molar-refractivity contribution in [2.75, 3.05) is 13.2 Å². The van der Waals surface area contributed by atoms with E-state index in [1.165, 1.54) is 0 Å². The Morgan fingerprint density at radius 3 is 2.60 bits per heavy atom. The van der Waals surface area contributed by atoms with Crippen LogP contribution in [0.4, 0.5) is 0 Å². The molecule has 25 heavy (non-hydrogen) atoms. The third-order valence-electron chi connectivity index (χ3n) is 3.67. The zero-order valence-corrected chi connectivity index (χ0v) is 14.7. The minimum absolute atomic E-state index is 0.000368. The molecule has 0 unspecified atom stereocenters. The molecule has 0 aliphatic carbocycles. The number of aliphatic carboxylic acids is 1. The second-order valence-electron chi connectivity index (χ2n) is 5.91. The third kappa shape index (κ3) is 6.74. The Balaban J connectivity index is 1.75. The largest absolute Gasteiger partial charge is 0.492 e. The Morgan fingerprint density at radius 1 is 1.24 bits per heavy atom. The number of halogens is 1. The van der Waals surface area contributed by atoms with Crippen molar-refractivity contribution in [3.63, 3.8) is 0 Å². The molecule has 0 amide bonds. The maximum Gasteiger partial charge on any atom is 0.307 e. The van der Waals surface area contributed by atoms with E-state index in [1.54, 1.807) is 42.5 Å². The number of carbonyl (C=O) groups is 1. The van der Waals surface area contributed by atoms with Crippen LogP contribution < -0.4 is 10.1 Å². The van der Waals surface area contributed by atoms with Gasteiger partial charge in [-0.15, -0.1) is 0 Å². The first-order valence-corrected chi connectivity index (χ1v) is 8.42. The average molecular weight is 364 g/mol. The van der Waals surface area contributed by atoms with E-state index in [0.29, 0.717) is 23.9 Å². The van der Waals surface area contributed by atoms with Crippen LogP contribution in [0.25, 0.3) is 0 Å². The van der Waals surface area contributed by atoms with Gasteiger partial charge in [0, 0.05) is 17.6 Å². The topological polar surface area (TPSA) is 78.8 Å². The molecule has 0 aromatic heterocycles. The Labute approximate surface area is 152 Å². The lowest BCUT2D eigenvalue weighted by molar-refractivity contribution is -0.136. The number of nitrogens with one attached hydrogen (secondary N) is 1. The van der Waals surface area contributed by atoms with E-state index in [-0.39, 0.29) is 12.5 Å². The number of rotatable bonds is 9. The number of aliphatic hydroxyl groups is 1. The van der Waals surface area contributed by atoms with Gasteiger partial charge in [0.2, 0.25) is 0 Å². The van der Waals surface area contributed by atoms with Crippen molar-refractivity contribution in [3.8, 4) is 5.75 Å². The van der Waals surface area contributed by atoms with Crippen molar-refractivity contribution < 1.29 is 19.7 Å². The fourth-order valence-electron chi connectivity index (χ4n) is 2.30. The van der Waals surface area contributed by atoms with Crippen LogP contribution in [0.3, 0.4) is 0 Å². The molecule has 0 spiro atoms. The number of hydrogen-bond donors (Lipinski definition) is 3. The van der Waals surface area contributed by atoms with Gasteiger partial charge in [-0.2, -0.15) is 0 Å². The van der Waals surface area contributed by atoms with Crippen LogP contribution in [0.2, 0.25) is 5.02 Å². The molecular formula is C19H22ClNO4. The molecule has 0 heterocycles. The zero-order valence-electron chi connectivity index (χ0n) is 14.0. The Kier molecular flexibility index (Phi) is 7.25. The van der Waals surface area contributed by atoms with Crippen molar-refractivity contribution in [2.45, 2.75) is 25.5 Å². The summed E-state index contributed by atoms with van der Waals surface area (Å²) in [5, 5.41) is 22.7. The second-order valence-corrected chi connectivity index (χ2v) is 6.34. The summed E-state index contributed by atoms with van der Waals surface area (Å²) in [5.74, 6) is -0.178. The fourth-order valence-corrected chi connectivity index (χ4v) is 2.50. The zero-order chi connectivity index (χ0) is 18.2. The van der Waals surface area contributed by atoms with Crippen LogP contribution in [-0.2, 0) is 11.2 Å². The molecule has 6 heteroatoms. The van der Waals surface area contributed by atoms with Gasteiger partial charge in [-0.05, 0) is 42.3 Å². The first-order chi connectivity index (χ1) is 11.9. The van der Waals surface area contributed by atoms with Crippen molar-refractivity contribution in [3.05, 3.63) is 64.7 Å². The lowest BCUT2D eigenvalue weighted by atomic mass is 10.1. The molecule has 2 aromatic carbocycles. The molecule has 0 saturated heterocycles. The Bertz CT molecular complexity index is 690. The number of hydrogen-bond acceptors (Lipinski definition) is 4. The molecule has 0 aliphatic rings. The van der Waals surface area contributed by atoms with Gasteiger partial charge in [-0.1, -0.05) is 35.9 Å². The molecule has 2 rings (SSSR count). The molecule has 2 aromatic rings. The molecule has 3 N–H and O–H groups in total. The van der Waals surface area contributed by atoms with Crippen molar-refractivity contribution >= 4 is 17.6 Å². The van der Waals surface area contributed by atoms with Gasteiger partial charge in [0.05, 0.1) is 12.5 Å². The van der Waals surface area contributed by atoms with Crippen LogP contribution in [0.1, 0.15) is 24.2 Å². The fraction of sp³-hybridized carbons (Fsp3) is 0.316. The summed E-state index contributed by atoms with van der Waals surface area (Å²) in [6.45, 7) is 2.78. The molecule has 0 bridgehead atoms. The van der Waals surface area contributed by atoms with Crippen LogP contribution in [0, 0.1) is 0 Å². The maximum absolute atomic E-state index is 10.6. The highest BCUT2D eigenvalue weighted by Crippen LogP contribution is 2.17. The van der Waals surface area contributed by atoms with Crippen molar-refractivity contribution in [2.24, 2.45) is 0 Å². The summed E-state index contributed by atoms with van der Waals surface area (Å²) >= 11 is 5.92. The van der Waals surface area contributed by atoms with Gasteiger partial charge >= 0.3 is 5.97 Å². The third-order valence-corrected chi connectivity index (χ3v) is 3.91. The number of carboxylic acid groups (broad SMARTS) is 1. The lowest BCUT2D eigenvalue weighted by Gasteiger charge is -2.18. The highest BCUT2D eigenvalue weighted by atomic mass is 35.5. The molecule has 0 radical (unpaired) electrons. The first kappa shape index (κ1) is 19.2. The number of carboxylic acids is 1. The summed E-state index contributed by atoms with van der Waals surface area (Å²) in [7, 11) is 0.